The summed E-state index contributed by atoms with van der Waals surface area (Å²) in [5.41, 5.74) is 0. The highest BCUT2D eigenvalue weighted by atomic mass is 19.4. The number of allylic oxidation sites excluding steroid dienone is 2. The van der Waals surface area contributed by atoms with Crippen molar-refractivity contribution in [2.24, 2.45) is 0 Å². The van der Waals surface area contributed by atoms with Crippen molar-refractivity contribution in [2.45, 2.75) is 24.2 Å². The van der Waals surface area contributed by atoms with Gasteiger partial charge in [-0.2, -0.15) is 43.9 Å². The molecule has 0 bridgehead atoms. The first-order valence-corrected chi connectivity index (χ1v) is 6.33. The second-order valence-corrected chi connectivity index (χ2v) is 4.45. The van der Waals surface area contributed by atoms with Gasteiger partial charge >= 0.3 is 24.2 Å². The number of alkyl halides is 10. The summed E-state index contributed by atoms with van der Waals surface area (Å²) in [6.07, 6.45) is -11.4. The zero-order valence-electron chi connectivity index (χ0n) is 12.3. The van der Waals surface area contributed by atoms with Crippen molar-refractivity contribution < 1.29 is 53.5 Å². The lowest BCUT2D eigenvalue weighted by Crippen LogP contribution is -2.43. The number of hydrogen-bond acceptors (Lipinski definition) is 4. The lowest BCUT2D eigenvalue weighted by molar-refractivity contribution is -0.266. The molecule has 0 aromatic rings. The molecule has 0 aromatic heterocycles. The number of rotatable bonds is 9. The summed E-state index contributed by atoms with van der Waals surface area (Å²) < 4.78 is 121. The molecule has 2 N–H and O–H groups in total. The maximum absolute atomic E-state index is 12.5. The monoisotopic (exact) mass is 404 g/mol. The Balaban J connectivity index is 4.27. The van der Waals surface area contributed by atoms with Crippen molar-refractivity contribution in [1.82, 2.24) is 10.6 Å². The molecule has 4 nitrogen and oxygen atoms in total. The largest absolute Gasteiger partial charge is 0.461 e. The minimum Gasteiger partial charge on any atom is -0.389 e. The van der Waals surface area contributed by atoms with E-state index in [9.17, 15) is 53.5 Å². The fourth-order valence-corrected chi connectivity index (χ4v) is 1.07. The molecular weight excluding hydrogens is 394 g/mol. The molecule has 0 fully saturated rings. The van der Waals surface area contributed by atoms with E-state index in [2.05, 4.69) is 10.6 Å². The number of hydrogen-bond donors (Lipinski definition) is 2. The molecule has 0 saturated heterocycles. The van der Waals surface area contributed by atoms with Crippen molar-refractivity contribution in [3.8, 4) is 0 Å². The van der Waals surface area contributed by atoms with Crippen LogP contribution in [0.4, 0.5) is 43.9 Å². The highest BCUT2D eigenvalue weighted by Crippen LogP contribution is 2.37. The fourth-order valence-electron chi connectivity index (χ4n) is 1.07. The molecule has 14 heteroatoms. The number of nitrogens with one attached hydrogen (secondary N) is 2. The van der Waals surface area contributed by atoms with Gasteiger partial charge in [-0.25, -0.2) is 0 Å². The van der Waals surface area contributed by atoms with Gasteiger partial charge in [0.2, 0.25) is 11.6 Å². The Labute approximate surface area is 138 Å². The lowest BCUT2D eigenvalue weighted by Gasteiger charge is -2.16. The van der Waals surface area contributed by atoms with Crippen molar-refractivity contribution in [3.63, 3.8) is 0 Å². The maximum Gasteiger partial charge on any atom is 0.461 e. The van der Waals surface area contributed by atoms with Crippen molar-refractivity contribution in [2.75, 3.05) is 13.1 Å². The molecule has 0 aliphatic heterocycles. The Morgan fingerprint density at radius 3 is 1.12 bits per heavy atom. The average Bonchev–Trinajstić information content (AvgIpc) is 2.46. The van der Waals surface area contributed by atoms with Crippen LogP contribution in [0.2, 0.25) is 0 Å². The van der Waals surface area contributed by atoms with Gasteiger partial charge in [-0.1, -0.05) is 0 Å². The van der Waals surface area contributed by atoms with Crippen molar-refractivity contribution in [3.05, 3.63) is 24.6 Å². The second-order valence-electron chi connectivity index (χ2n) is 4.45. The first-order valence-electron chi connectivity index (χ1n) is 6.33. The molecule has 0 spiro atoms. The SMILES string of the molecule is O=C(/C=C/NCCN/C=C/C(=O)C(F)(F)C(F)(F)F)C(F)(F)C(F)(F)F. The van der Waals surface area contributed by atoms with Gasteiger partial charge in [0.1, 0.15) is 0 Å². The molecule has 0 amide bonds. The van der Waals surface area contributed by atoms with E-state index in [1.807, 2.05) is 0 Å². The number of carbonyl (C=O) groups is 2. The van der Waals surface area contributed by atoms with Crippen LogP contribution in [0.5, 0.6) is 0 Å². The molecule has 150 valence electrons. The zero-order valence-corrected chi connectivity index (χ0v) is 12.3. The third kappa shape index (κ3) is 6.22. The molecule has 0 unspecified atom stereocenters. The van der Waals surface area contributed by atoms with Crippen molar-refractivity contribution >= 4 is 11.6 Å². The van der Waals surface area contributed by atoms with Gasteiger partial charge in [0.15, 0.2) is 0 Å². The normalized spacial score (nSPS) is 14.1. The maximum atomic E-state index is 12.5. The van der Waals surface area contributed by atoms with Gasteiger partial charge in [-0.3, -0.25) is 9.59 Å². The van der Waals surface area contributed by atoms with Crippen molar-refractivity contribution in [1.29, 1.82) is 0 Å². The van der Waals surface area contributed by atoms with Gasteiger partial charge < -0.3 is 10.6 Å². The molecule has 0 aliphatic carbocycles. The standard InChI is InChI=1S/C12H10F10N2O2/c13-9(14,11(17,18)19)7(25)1-3-23-5-6-24-4-2-8(26)10(15,16)12(20,21)22/h1-4,23-24H,5-6H2/b3-1+,4-2+. The summed E-state index contributed by atoms with van der Waals surface area (Å²) >= 11 is 0. The van der Waals surface area contributed by atoms with E-state index in [0.717, 1.165) is 0 Å². The van der Waals surface area contributed by atoms with Gasteiger partial charge in [0, 0.05) is 37.6 Å². The molecule has 0 saturated carbocycles. The van der Waals surface area contributed by atoms with E-state index < -0.39 is 35.8 Å². The molecule has 0 heterocycles. The predicted octanol–water partition coefficient (Wildman–Crippen LogP) is 2.73. The van der Waals surface area contributed by atoms with Gasteiger partial charge in [0.05, 0.1) is 0 Å². The summed E-state index contributed by atoms with van der Waals surface area (Å²) in [6, 6.07) is 0. The minimum atomic E-state index is -6.06. The number of ketones is 2. The predicted molar refractivity (Wildman–Crippen MR) is 66.3 cm³/mol. The van der Waals surface area contributed by atoms with Crippen LogP contribution in [0.3, 0.4) is 0 Å². The topological polar surface area (TPSA) is 58.2 Å². The smallest absolute Gasteiger partial charge is 0.389 e. The van der Waals surface area contributed by atoms with E-state index in [1.165, 1.54) is 0 Å². The van der Waals surface area contributed by atoms with E-state index in [4.69, 9.17) is 0 Å². The number of halogens is 10. The molecule has 0 aromatic carbocycles. The molecular formula is C12H10F10N2O2. The summed E-state index contributed by atoms with van der Waals surface area (Å²) in [7, 11) is 0. The Bertz CT molecular complexity index is 513. The van der Waals surface area contributed by atoms with Crippen LogP contribution in [0.25, 0.3) is 0 Å². The Morgan fingerprint density at radius 2 is 0.885 bits per heavy atom. The molecule has 0 atom stereocenters. The van der Waals surface area contributed by atoms with E-state index in [-0.39, 0.29) is 25.2 Å². The highest BCUT2D eigenvalue weighted by Gasteiger charge is 2.62. The first-order chi connectivity index (χ1) is 11.5. The Morgan fingerprint density at radius 1 is 0.615 bits per heavy atom. The summed E-state index contributed by atoms with van der Waals surface area (Å²) in [5.74, 6) is -16.2. The lowest BCUT2D eigenvalue weighted by atomic mass is 10.2. The molecule has 0 rings (SSSR count). The van der Waals surface area contributed by atoms with Crippen LogP contribution >= 0.6 is 0 Å². The Kier molecular flexibility index (Phi) is 7.66. The minimum absolute atomic E-state index is 0.0866. The quantitative estimate of drug-likeness (QED) is 0.353. The molecule has 0 aliphatic rings. The molecule has 26 heavy (non-hydrogen) atoms. The van der Waals surface area contributed by atoms with E-state index in [1.54, 1.807) is 0 Å². The van der Waals surface area contributed by atoms with Gasteiger partial charge in [-0.05, 0) is 0 Å². The molecule has 0 radical (unpaired) electrons. The van der Waals surface area contributed by atoms with Crippen LogP contribution in [-0.2, 0) is 9.59 Å². The third-order valence-electron chi connectivity index (χ3n) is 2.45. The van der Waals surface area contributed by atoms with Crippen LogP contribution in [0, 0.1) is 0 Å². The number of carbonyl (C=O) groups excluding carboxylic acids is 2. The summed E-state index contributed by atoms with van der Waals surface area (Å²) in [5, 5.41) is 4.14. The first kappa shape index (κ1) is 23.7. The Hall–Kier alpha value is -2.28. The fraction of sp³-hybridized carbons (Fsp3) is 0.500. The van der Waals surface area contributed by atoms with Gasteiger partial charge in [-0.15, -0.1) is 0 Å². The second kappa shape index (κ2) is 8.40. The summed E-state index contributed by atoms with van der Waals surface area (Å²) in [6.45, 7) is -0.537. The summed E-state index contributed by atoms with van der Waals surface area (Å²) in [4.78, 5) is 21.3. The average molecular weight is 404 g/mol. The van der Waals surface area contributed by atoms with E-state index >= 15 is 0 Å². The van der Waals surface area contributed by atoms with E-state index in [0.29, 0.717) is 12.4 Å². The van der Waals surface area contributed by atoms with Gasteiger partial charge in [0.25, 0.3) is 0 Å². The van der Waals surface area contributed by atoms with Crippen LogP contribution < -0.4 is 10.6 Å². The zero-order chi connectivity index (χ0) is 20.8. The van der Waals surface area contributed by atoms with Crippen LogP contribution in [0.15, 0.2) is 24.6 Å². The van der Waals surface area contributed by atoms with Crippen LogP contribution in [0.1, 0.15) is 0 Å². The third-order valence-corrected chi connectivity index (χ3v) is 2.45. The van der Waals surface area contributed by atoms with Crippen LogP contribution in [-0.4, -0.2) is 48.9 Å². The highest BCUT2D eigenvalue weighted by molar-refractivity contribution is 5.96.